The largest absolute Gasteiger partial charge is 0.299 e. The van der Waals surface area contributed by atoms with E-state index < -0.39 is 0 Å². The maximum Gasteiger partial charge on any atom is 0.0451 e. The van der Waals surface area contributed by atoms with E-state index >= 15 is 0 Å². The van der Waals surface area contributed by atoms with Gasteiger partial charge in [0.05, 0.1) is 0 Å². The summed E-state index contributed by atoms with van der Waals surface area (Å²) < 4.78 is 0. The van der Waals surface area contributed by atoms with Gasteiger partial charge in [-0.1, -0.05) is 29.8 Å². The molecule has 2 aromatic rings. The van der Waals surface area contributed by atoms with Crippen LogP contribution in [-0.4, -0.2) is 29.9 Å². The lowest BCUT2D eigenvalue weighted by atomic mass is 10.2. The van der Waals surface area contributed by atoms with Crippen molar-refractivity contribution in [3.8, 4) is 0 Å². The van der Waals surface area contributed by atoms with Gasteiger partial charge in [-0.05, 0) is 61.6 Å². The third kappa shape index (κ3) is 4.32. The molecule has 1 aromatic heterocycles. The van der Waals surface area contributed by atoms with E-state index in [1.165, 1.54) is 41.9 Å². The second-order valence-electron chi connectivity index (χ2n) is 6.17. The highest BCUT2D eigenvalue weighted by atomic mass is 35.5. The molecule has 0 atom stereocenters. The van der Waals surface area contributed by atoms with Gasteiger partial charge in [-0.2, -0.15) is 0 Å². The number of thiophene rings is 1. The molecule has 4 heteroatoms. The van der Waals surface area contributed by atoms with Crippen LogP contribution < -0.4 is 0 Å². The van der Waals surface area contributed by atoms with Crippen molar-refractivity contribution in [2.24, 2.45) is 0 Å². The smallest absolute Gasteiger partial charge is 0.0451 e. The van der Waals surface area contributed by atoms with Gasteiger partial charge < -0.3 is 0 Å². The third-order valence-electron chi connectivity index (χ3n) is 4.14. The second-order valence-corrected chi connectivity index (χ2v) is 7.57. The van der Waals surface area contributed by atoms with Gasteiger partial charge >= 0.3 is 0 Å². The SMILES string of the molecule is CN(Cc1cc(CN2CCCC2)cs1)Cc1ccccc1Cl. The maximum atomic E-state index is 6.24. The molecule has 1 saturated heterocycles. The molecule has 1 aromatic carbocycles. The predicted octanol–water partition coefficient (Wildman–Crippen LogP) is 4.63. The lowest BCUT2D eigenvalue weighted by Crippen LogP contribution is -2.18. The lowest BCUT2D eigenvalue weighted by molar-refractivity contribution is 0.320. The summed E-state index contributed by atoms with van der Waals surface area (Å²) in [6.45, 7) is 5.51. The van der Waals surface area contributed by atoms with Crippen molar-refractivity contribution in [3.63, 3.8) is 0 Å². The van der Waals surface area contributed by atoms with Crippen LogP contribution in [0.15, 0.2) is 35.7 Å². The van der Waals surface area contributed by atoms with E-state index in [0.29, 0.717) is 0 Å². The minimum atomic E-state index is 0.857. The molecule has 2 heterocycles. The van der Waals surface area contributed by atoms with Crippen molar-refractivity contribution < 1.29 is 0 Å². The number of nitrogens with zero attached hydrogens (tertiary/aromatic N) is 2. The van der Waals surface area contributed by atoms with Crippen LogP contribution in [0.3, 0.4) is 0 Å². The summed E-state index contributed by atoms with van der Waals surface area (Å²) in [4.78, 5) is 6.31. The van der Waals surface area contributed by atoms with Crippen LogP contribution in [0.5, 0.6) is 0 Å². The maximum absolute atomic E-state index is 6.24. The number of hydrogen-bond donors (Lipinski definition) is 0. The van der Waals surface area contributed by atoms with Crippen molar-refractivity contribution in [3.05, 3.63) is 56.7 Å². The molecule has 118 valence electrons. The first kappa shape index (κ1) is 16.0. The number of benzene rings is 1. The van der Waals surface area contributed by atoms with Crippen molar-refractivity contribution in [2.75, 3.05) is 20.1 Å². The fraction of sp³-hybridized carbons (Fsp3) is 0.444. The molecule has 1 aliphatic rings. The minimum absolute atomic E-state index is 0.857. The van der Waals surface area contributed by atoms with Crippen LogP contribution in [0.2, 0.25) is 5.02 Å². The summed E-state index contributed by atoms with van der Waals surface area (Å²) >= 11 is 8.12. The zero-order valence-electron chi connectivity index (χ0n) is 13.1. The summed E-state index contributed by atoms with van der Waals surface area (Å²) in [5, 5.41) is 3.17. The van der Waals surface area contributed by atoms with Gasteiger partial charge in [0, 0.05) is 29.5 Å². The summed E-state index contributed by atoms with van der Waals surface area (Å²) in [5.41, 5.74) is 2.66. The highest BCUT2D eigenvalue weighted by Gasteiger charge is 2.13. The van der Waals surface area contributed by atoms with Crippen molar-refractivity contribution in [1.82, 2.24) is 9.80 Å². The van der Waals surface area contributed by atoms with E-state index in [1.807, 2.05) is 29.5 Å². The van der Waals surface area contributed by atoms with E-state index in [0.717, 1.165) is 24.7 Å². The van der Waals surface area contributed by atoms with Gasteiger partial charge in [0.1, 0.15) is 0 Å². The van der Waals surface area contributed by atoms with Crippen LogP contribution in [-0.2, 0) is 19.6 Å². The van der Waals surface area contributed by atoms with Crippen LogP contribution in [0.4, 0.5) is 0 Å². The number of halogens is 1. The van der Waals surface area contributed by atoms with Crippen LogP contribution in [0.1, 0.15) is 28.8 Å². The first-order chi connectivity index (χ1) is 10.7. The molecule has 22 heavy (non-hydrogen) atoms. The van der Waals surface area contributed by atoms with Crippen LogP contribution >= 0.6 is 22.9 Å². The van der Waals surface area contributed by atoms with E-state index in [9.17, 15) is 0 Å². The highest BCUT2D eigenvalue weighted by Crippen LogP contribution is 2.22. The topological polar surface area (TPSA) is 6.48 Å². The van der Waals surface area contributed by atoms with Crippen LogP contribution in [0, 0.1) is 0 Å². The average Bonchev–Trinajstić information content (AvgIpc) is 3.14. The molecule has 1 fully saturated rings. The Hall–Kier alpha value is -0.870. The molecular formula is C18H23ClN2S. The molecule has 0 radical (unpaired) electrons. The summed E-state index contributed by atoms with van der Waals surface area (Å²) in [6.07, 6.45) is 2.72. The zero-order chi connectivity index (χ0) is 15.4. The molecule has 1 aliphatic heterocycles. The van der Waals surface area contributed by atoms with Gasteiger partial charge in [0.15, 0.2) is 0 Å². The third-order valence-corrected chi connectivity index (χ3v) is 5.48. The molecule has 2 nitrogen and oxygen atoms in total. The molecule has 0 bridgehead atoms. The standard InChI is InChI=1S/C18H23ClN2S/c1-20(12-16-6-2-3-7-18(16)19)13-17-10-15(14-22-17)11-21-8-4-5-9-21/h2-3,6-7,10,14H,4-5,8-9,11-13H2,1H3. The van der Waals surface area contributed by atoms with E-state index in [2.05, 4.69) is 34.4 Å². The molecular weight excluding hydrogens is 312 g/mol. The summed E-state index contributed by atoms with van der Waals surface area (Å²) in [5.74, 6) is 0. The molecule has 0 saturated carbocycles. The Bertz CT molecular complexity index is 605. The van der Waals surface area contributed by atoms with Gasteiger partial charge in [-0.3, -0.25) is 9.80 Å². The predicted molar refractivity (Wildman–Crippen MR) is 95.5 cm³/mol. The molecule has 0 amide bonds. The Kier molecular flexibility index (Phi) is 5.53. The van der Waals surface area contributed by atoms with E-state index in [1.54, 1.807) is 0 Å². The first-order valence-corrected chi connectivity index (χ1v) is 9.17. The average molecular weight is 335 g/mol. The van der Waals surface area contributed by atoms with Gasteiger partial charge in [-0.25, -0.2) is 0 Å². The van der Waals surface area contributed by atoms with E-state index in [-0.39, 0.29) is 0 Å². The second kappa shape index (κ2) is 7.60. The lowest BCUT2D eigenvalue weighted by Gasteiger charge is -2.16. The Balaban J connectivity index is 1.54. The molecule has 0 aliphatic carbocycles. The Morgan fingerprint density at radius 3 is 2.73 bits per heavy atom. The number of hydrogen-bond acceptors (Lipinski definition) is 3. The van der Waals surface area contributed by atoms with Crippen molar-refractivity contribution in [2.45, 2.75) is 32.5 Å². The monoisotopic (exact) mass is 334 g/mol. The quantitative estimate of drug-likeness (QED) is 0.760. The number of rotatable bonds is 6. The molecule has 3 rings (SSSR count). The van der Waals surface area contributed by atoms with Gasteiger partial charge in [0.2, 0.25) is 0 Å². The van der Waals surface area contributed by atoms with Gasteiger partial charge in [0.25, 0.3) is 0 Å². The fourth-order valence-electron chi connectivity index (χ4n) is 3.03. The summed E-state index contributed by atoms with van der Waals surface area (Å²) in [6, 6.07) is 10.5. The number of likely N-dealkylation sites (tertiary alicyclic amines) is 1. The Morgan fingerprint density at radius 1 is 1.18 bits per heavy atom. The minimum Gasteiger partial charge on any atom is -0.299 e. The van der Waals surface area contributed by atoms with Crippen molar-refractivity contribution in [1.29, 1.82) is 0 Å². The van der Waals surface area contributed by atoms with E-state index in [4.69, 9.17) is 11.6 Å². The van der Waals surface area contributed by atoms with Crippen LogP contribution in [0.25, 0.3) is 0 Å². The molecule has 0 N–H and O–H groups in total. The summed E-state index contributed by atoms with van der Waals surface area (Å²) in [7, 11) is 2.16. The van der Waals surface area contributed by atoms with Crippen molar-refractivity contribution >= 4 is 22.9 Å². The highest BCUT2D eigenvalue weighted by molar-refractivity contribution is 7.10. The zero-order valence-corrected chi connectivity index (χ0v) is 14.7. The molecule has 0 spiro atoms. The van der Waals surface area contributed by atoms with Gasteiger partial charge in [-0.15, -0.1) is 11.3 Å². The molecule has 0 unspecified atom stereocenters. The Morgan fingerprint density at radius 2 is 1.95 bits per heavy atom. The fourth-order valence-corrected chi connectivity index (χ4v) is 4.19. The Labute approximate surface area is 142 Å². The normalized spacial score (nSPS) is 15.8. The first-order valence-electron chi connectivity index (χ1n) is 7.91.